The molecule has 0 unspecified atom stereocenters. The second kappa shape index (κ2) is 8.06. The summed E-state index contributed by atoms with van der Waals surface area (Å²) in [5.41, 5.74) is 2.70. The van der Waals surface area contributed by atoms with Crippen molar-refractivity contribution in [1.29, 1.82) is 0 Å². The predicted molar refractivity (Wildman–Crippen MR) is 116 cm³/mol. The highest BCUT2D eigenvalue weighted by molar-refractivity contribution is 7.17. The zero-order valence-corrected chi connectivity index (χ0v) is 17.0. The van der Waals surface area contributed by atoms with E-state index in [1.54, 1.807) is 30.3 Å². The van der Waals surface area contributed by atoms with Crippen LogP contribution >= 0.6 is 22.9 Å². The Morgan fingerprint density at radius 3 is 2.72 bits per heavy atom. The second-order valence-corrected chi connectivity index (χ2v) is 7.58. The summed E-state index contributed by atoms with van der Waals surface area (Å²) in [6.45, 7) is -0.145. The largest absolute Gasteiger partial charge is 0.495 e. The molecule has 0 saturated carbocycles. The van der Waals surface area contributed by atoms with Crippen LogP contribution in [0.1, 0.15) is 0 Å². The van der Waals surface area contributed by atoms with E-state index >= 15 is 0 Å². The number of anilines is 1. The van der Waals surface area contributed by atoms with Crippen molar-refractivity contribution in [1.82, 2.24) is 9.55 Å². The van der Waals surface area contributed by atoms with Crippen molar-refractivity contribution in [2.75, 3.05) is 12.4 Å². The fraction of sp³-hybridized carbons (Fsp3) is 0.0952. The molecular weight excluding hydrogens is 410 g/mol. The van der Waals surface area contributed by atoms with Gasteiger partial charge in [-0.25, -0.2) is 4.98 Å². The highest BCUT2D eigenvalue weighted by Gasteiger charge is 2.15. The van der Waals surface area contributed by atoms with Gasteiger partial charge in [0, 0.05) is 16.0 Å². The molecule has 8 heteroatoms. The summed E-state index contributed by atoms with van der Waals surface area (Å²) in [5.74, 6) is 0.208. The minimum Gasteiger partial charge on any atom is -0.495 e. The van der Waals surface area contributed by atoms with Gasteiger partial charge < -0.3 is 10.1 Å². The van der Waals surface area contributed by atoms with Gasteiger partial charge in [-0.2, -0.15) is 0 Å². The molecule has 0 spiro atoms. The van der Waals surface area contributed by atoms with Crippen LogP contribution < -0.4 is 15.6 Å². The molecule has 1 amide bonds. The first-order valence-corrected chi connectivity index (χ1v) is 9.98. The predicted octanol–water partition coefficient (Wildman–Crippen LogP) is 4.43. The number of thiophene rings is 1. The van der Waals surface area contributed by atoms with Gasteiger partial charge in [0.2, 0.25) is 5.91 Å². The van der Waals surface area contributed by atoms with Gasteiger partial charge in [-0.1, -0.05) is 35.9 Å². The number of aromatic nitrogens is 2. The monoisotopic (exact) mass is 425 g/mol. The van der Waals surface area contributed by atoms with E-state index in [-0.39, 0.29) is 18.0 Å². The van der Waals surface area contributed by atoms with E-state index in [0.717, 1.165) is 11.1 Å². The van der Waals surface area contributed by atoms with Gasteiger partial charge in [-0.05, 0) is 29.8 Å². The number of carbonyl (C=O) groups excluding carboxylic acids is 1. The molecule has 2 aromatic carbocycles. The molecule has 2 aromatic heterocycles. The van der Waals surface area contributed by atoms with E-state index < -0.39 is 0 Å². The number of nitrogens with zero attached hydrogens (tertiary/aromatic N) is 2. The number of halogens is 1. The lowest BCUT2D eigenvalue weighted by molar-refractivity contribution is -0.116. The molecule has 6 nitrogen and oxygen atoms in total. The molecule has 0 bridgehead atoms. The summed E-state index contributed by atoms with van der Waals surface area (Å²) in [6, 6.07) is 14.5. The fourth-order valence-electron chi connectivity index (χ4n) is 2.98. The van der Waals surface area contributed by atoms with Crippen LogP contribution in [-0.4, -0.2) is 22.6 Å². The molecule has 0 saturated heterocycles. The number of carbonyl (C=O) groups is 1. The van der Waals surface area contributed by atoms with Gasteiger partial charge in [0.25, 0.3) is 5.56 Å². The van der Waals surface area contributed by atoms with Gasteiger partial charge in [0.05, 0.1) is 24.6 Å². The SMILES string of the molecule is COc1ccccc1NC(=O)Cn1cnc2c(-c3ccc(Cl)cc3)csc2c1=O. The number of hydrogen-bond acceptors (Lipinski definition) is 5. The summed E-state index contributed by atoms with van der Waals surface area (Å²) in [4.78, 5) is 29.7. The van der Waals surface area contributed by atoms with Crippen LogP contribution in [0, 0.1) is 0 Å². The number of nitrogens with one attached hydrogen (secondary N) is 1. The Balaban J connectivity index is 1.60. The summed E-state index contributed by atoms with van der Waals surface area (Å²) in [5, 5.41) is 5.29. The van der Waals surface area contributed by atoms with Crippen molar-refractivity contribution in [3.8, 4) is 16.9 Å². The summed E-state index contributed by atoms with van der Waals surface area (Å²) in [6.07, 6.45) is 1.40. The van der Waals surface area contributed by atoms with Crippen LogP contribution in [0.2, 0.25) is 5.02 Å². The third kappa shape index (κ3) is 3.87. The number of methoxy groups -OCH3 is 1. The molecule has 146 valence electrons. The van der Waals surface area contributed by atoms with Crippen molar-refractivity contribution in [2.24, 2.45) is 0 Å². The molecular formula is C21H16ClN3O3S. The van der Waals surface area contributed by atoms with Crippen molar-refractivity contribution >= 4 is 44.7 Å². The Morgan fingerprint density at radius 1 is 1.21 bits per heavy atom. The lowest BCUT2D eigenvalue weighted by Gasteiger charge is -2.10. The molecule has 29 heavy (non-hydrogen) atoms. The van der Waals surface area contributed by atoms with E-state index in [2.05, 4.69) is 10.3 Å². The van der Waals surface area contributed by atoms with Crippen LogP contribution in [0.5, 0.6) is 5.75 Å². The fourth-order valence-corrected chi connectivity index (χ4v) is 4.08. The van der Waals surface area contributed by atoms with Crippen molar-refractivity contribution < 1.29 is 9.53 Å². The van der Waals surface area contributed by atoms with Gasteiger partial charge in [-0.3, -0.25) is 14.2 Å². The van der Waals surface area contributed by atoms with E-state index in [1.165, 1.54) is 29.3 Å². The van der Waals surface area contributed by atoms with Gasteiger partial charge >= 0.3 is 0 Å². The lowest BCUT2D eigenvalue weighted by atomic mass is 10.1. The number of para-hydroxylation sites is 2. The molecule has 0 aliphatic rings. The quantitative estimate of drug-likeness (QED) is 0.513. The number of amides is 1. The number of fused-ring (bicyclic) bond motifs is 1. The number of ether oxygens (including phenoxy) is 1. The maximum atomic E-state index is 12.8. The molecule has 0 aliphatic carbocycles. The molecule has 4 rings (SSSR count). The highest BCUT2D eigenvalue weighted by atomic mass is 35.5. The Morgan fingerprint density at radius 2 is 1.97 bits per heavy atom. The number of hydrogen-bond donors (Lipinski definition) is 1. The maximum Gasteiger partial charge on any atom is 0.271 e. The van der Waals surface area contributed by atoms with Crippen LogP contribution in [0.3, 0.4) is 0 Å². The third-order valence-corrected chi connectivity index (χ3v) is 5.61. The van der Waals surface area contributed by atoms with E-state index in [1.807, 2.05) is 23.6 Å². The molecule has 2 heterocycles. The Hall–Kier alpha value is -3.16. The van der Waals surface area contributed by atoms with E-state index in [9.17, 15) is 9.59 Å². The average Bonchev–Trinajstić information content (AvgIpc) is 3.16. The first kappa shape index (κ1) is 19.2. The Kier molecular flexibility index (Phi) is 5.33. The number of benzene rings is 2. The molecule has 1 N–H and O–H groups in total. The summed E-state index contributed by atoms with van der Waals surface area (Å²) < 4.78 is 7.03. The molecule has 0 fully saturated rings. The first-order chi connectivity index (χ1) is 14.1. The van der Waals surface area contributed by atoms with Crippen LogP contribution in [-0.2, 0) is 11.3 Å². The molecule has 4 aromatic rings. The maximum absolute atomic E-state index is 12.8. The normalized spacial score (nSPS) is 10.8. The number of rotatable bonds is 5. The Labute approximate surface area is 175 Å². The van der Waals surface area contributed by atoms with Gasteiger partial charge in [-0.15, -0.1) is 11.3 Å². The standard InChI is InChI=1S/C21H16ClN3O3S/c1-28-17-5-3-2-4-16(17)24-18(26)10-25-12-23-19-15(11-29-20(19)21(25)27)13-6-8-14(22)9-7-13/h2-9,11-12H,10H2,1H3,(H,24,26). The van der Waals surface area contributed by atoms with Crippen molar-refractivity contribution in [2.45, 2.75) is 6.54 Å². The van der Waals surface area contributed by atoms with Crippen molar-refractivity contribution in [3.05, 3.63) is 75.6 Å². The van der Waals surface area contributed by atoms with E-state index in [4.69, 9.17) is 16.3 Å². The highest BCUT2D eigenvalue weighted by Crippen LogP contribution is 2.31. The Bertz CT molecular complexity index is 1250. The topological polar surface area (TPSA) is 73.2 Å². The zero-order valence-electron chi connectivity index (χ0n) is 15.4. The molecule has 0 atom stereocenters. The first-order valence-electron chi connectivity index (χ1n) is 8.72. The third-order valence-electron chi connectivity index (χ3n) is 4.40. The van der Waals surface area contributed by atoms with Crippen LogP contribution in [0.25, 0.3) is 21.3 Å². The van der Waals surface area contributed by atoms with Gasteiger partial charge in [0.15, 0.2) is 0 Å². The molecule has 0 radical (unpaired) electrons. The van der Waals surface area contributed by atoms with Gasteiger partial charge in [0.1, 0.15) is 17.0 Å². The summed E-state index contributed by atoms with van der Waals surface area (Å²) >= 11 is 7.26. The second-order valence-electron chi connectivity index (χ2n) is 6.26. The van der Waals surface area contributed by atoms with Crippen LogP contribution in [0.4, 0.5) is 5.69 Å². The minimum atomic E-state index is -0.341. The smallest absolute Gasteiger partial charge is 0.271 e. The lowest BCUT2D eigenvalue weighted by Crippen LogP contribution is -2.27. The molecule has 0 aliphatic heterocycles. The average molecular weight is 426 g/mol. The van der Waals surface area contributed by atoms with Crippen LogP contribution in [0.15, 0.2) is 65.0 Å². The summed E-state index contributed by atoms with van der Waals surface area (Å²) in [7, 11) is 1.53. The zero-order chi connectivity index (χ0) is 20.4. The van der Waals surface area contributed by atoms with Crippen molar-refractivity contribution in [3.63, 3.8) is 0 Å². The minimum absolute atomic E-state index is 0.145. The van der Waals surface area contributed by atoms with E-state index in [0.29, 0.717) is 26.7 Å².